The molecule has 2 aliphatic rings. The third kappa shape index (κ3) is 3.17. The molecule has 20 heavy (non-hydrogen) atoms. The topological polar surface area (TPSA) is 71.1 Å². The van der Waals surface area contributed by atoms with Crippen LogP contribution >= 0.6 is 23.7 Å². The molecule has 2 bridgehead atoms. The first kappa shape index (κ1) is 16.2. The van der Waals surface area contributed by atoms with E-state index in [0.717, 1.165) is 17.8 Å². The van der Waals surface area contributed by atoms with Gasteiger partial charge < -0.3 is 5.32 Å². The third-order valence-corrected chi connectivity index (χ3v) is 7.10. The van der Waals surface area contributed by atoms with Gasteiger partial charge in [0.25, 0.3) is 10.0 Å². The number of piperidine rings is 1. The van der Waals surface area contributed by atoms with Crippen LogP contribution in [0.15, 0.2) is 4.21 Å². The number of rotatable bonds is 3. The highest BCUT2D eigenvalue weighted by Crippen LogP contribution is 2.29. The fourth-order valence-electron chi connectivity index (χ4n) is 3.19. The van der Waals surface area contributed by atoms with E-state index < -0.39 is 10.0 Å². The number of thiazole rings is 1. The quantitative estimate of drug-likeness (QED) is 0.881. The number of sulfonamides is 1. The summed E-state index contributed by atoms with van der Waals surface area (Å²) in [6.07, 6.45) is 4.13. The van der Waals surface area contributed by atoms with Crippen LogP contribution in [0.25, 0.3) is 0 Å². The van der Waals surface area contributed by atoms with E-state index in [1.807, 2.05) is 6.92 Å². The van der Waals surface area contributed by atoms with Gasteiger partial charge in [0.2, 0.25) is 0 Å². The van der Waals surface area contributed by atoms with Crippen LogP contribution < -0.4 is 10.0 Å². The molecule has 2 atom stereocenters. The number of aryl methyl sites for hydroxylation is 2. The van der Waals surface area contributed by atoms with Crippen molar-refractivity contribution in [3.8, 4) is 0 Å². The van der Waals surface area contributed by atoms with Crippen molar-refractivity contribution >= 4 is 33.8 Å². The van der Waals surface area contributed by atoms with Crippen molar-refractivity contribution in [2.75, 3.05) is 0 Å². The molecule has 2 N–H and O–H groups in total. The first-order valence-corrected chi connectivity index (χ1v) is 8.96. The molecule has 5 nitrogen and oxygen atoms in total. The highest BCUT2D eigenvalue weighted by atomic mass is 35.5. The Kier molecular flexibility index (Phi) is 4.76. The standard InChI is InChI=1S/C12H19N3O2S2.ClH/c1-7-12(18-8(2)13-7)19(16,17)15-11-5-9-3-4-10(6-11)14-9;/h9-11,14-15H,3-6H2,1-2H3;1H. The van der Waals surface area contributed by atoms with Crippen LogP contribution in [-0.4, -0.2) is 31.5 Å². The molecule has 0 saturated carbocycles. The number of nitrogens with zero attached hydrogens (tertiary/aromatic N) is 1. The monoisotopic (exact) mass is 337 g/mol. The summed E-state index contributed by atoms with van der Waals surface area (Å²) < 4.78 is 28.1. The van der Waals surface area contributed by atoms with E-state index in [2.05, 4.69) is 15.0 Å². The molecule has 2 fully saturated rings. The Hall–Kier alpha value is -0.210. The van der Waals surface area contributed by atoms with Crippen LogP contribution in [0.5, 0.6) is 0 Å². The zero-order valence-electron chi connectivity index (χ0n) is 11.5. The minimum atomic E-state index is -3.41. The van der Waals surface area contributed by atoms with Crippen LogP contribution in [0.2, 0.25) is 0 Å². The van der Waals surface area contributed by atoms with E-state index in [-0.39, 0.29) is 18.4 Å². The Morgan fingerprint density at radius 1 is 1.25 bits per heavy atom. The van der Waals surface area contributed by atoms with Crippen molar-refractivity contribution in [3.05, 3.63) is 10.7 Å². The molecule has 1 aromatic heterocycles. The minimum absolute atomic E-state index is 0. The summed E-state index contributed by atoms with van der Waals surface area (Å²) in [6.45, 7) is 3.59. The predicted octanol–water partition coefficient (Wildman–Crippen LogP) is 1.74. The van der Waals surface area contributed by atoms with E-state index >= 15 is 0 Å². The van der Waals surface area contributed by atoms with Gasteiger partial charge in [-0.25, -0.2) is 18.1 Å². The van der Waals surface area contributed by atoms with Crippen LogP contribution in [0, 0.1) is 13.8 Å². The third-order valence-electron chi connectivity index (χ3n) is 3.90. The van der Waals surface area contributed by atoms with E-state index in [1.165, 1.54) is 24.2 Å². The van der Waals surface area contributed by atoms with Gasteiger partial charge in [0, 0.05) is 18.1 Å². The Bertz CT molecular complexity index is 576. The highest BCUT2D eigenvalue weighted by Gasteiger charge is 2.36. The molecule has 0 amide bonds. The number of hydrogen-bond donors (Lipinski definition) is 2. The molecule has 2 unspecified atom stereocenters. The lowest BCUT2D eigenvalue weighted by Crippen LogP contribution is -2.47. The normalized spacial score (nSPS) is 29.2. The lowest BCUT2D eigenvalue weighted by Gasteiger charge is -2.29. The molecule has 1 aromatic rings. The lowest BCUT2D eigenvalue weighted by atomic mass is 10.0. The average Bonchev–Trinajstić information content (AvgIpc) is 2.81. The summed E-state index contributed by atoms with van der Waals surface area (Å²) in [6, 6.07) is 1.03. The van der Waals surface area contributed by atoms with E-state index in [0.29, 0.717) is 22.0 Å². The predicted molar refractivity (Wildman–Crippen MR) is 82.1 cm³/mol. The molecule has 0 radical (unpaired) electrons. The largest absolute Gasteiger partial charge is 0.311 e. The fraction of sp³-hybridized carbons (Fsp3) is 0.750. The maximum Gasteiger partial charge on any atom is 0.252 e. The number of nitrogens with one attached hydrogen (secondary N) is 2. The molecule has 0 aromatic carbocycles. The van der Waals surface area contributed by atoms with Crippen LogP contribution in [-0.2, 0) is 10.0 Å². The van der Waals surface area contributed by atoms with E-state index in [9.17, 15) is 8.42 Å². The molecular weight excluding hydrogens is 318 g/mol. The van der Waals surface area contributed by atoms with Gasteiger partial charge in [-0.2, -0.15) is 0 Å². The number of fused-ring (bicyclic) bond motifs is 2. The van der Waals surface area contributed by atoms with Crippen LogP contribution in [0.4, 0.5) is 0 Å². The second-order valence-corrected chi connectivity index (χ2v) is 8.65. The summed E-state index contributed by atoms with van der Waals surface area (Å²) in [4.78, 5) is 4.20. The second-order valence-electron chi connectivity index (χ2n) is 5.53. The SMILES string of the molecule is Cc1nc(C)c(S(=O)(=O)NC2CC3CCC(C2)N3)s1.Cl. The van der Waals surface area contributed by atoms with Gasteiger partial charge >= 0.3 is 0 Å². The smallest absolute Gasteiger partial charge is 0.252 e. The molecule has 8 heteroatoms. The van der Waals surface area contributed by atoms with E-state index in [4.69, 9.17) is 0 Å². The van der Waals surface area contributed by atoms with Crippen molar-refractivity contribution in [1.29, 1.82) is 0 Å². The molecule has 0 aliphatic carbocycles. The second kappa shape index (κ2) is 5.88. The number of halogens is 1. The summed E-state index contributed by atoms with van der Waals surface area (Å²) in [5.74, 6) is 0. The summed E-state index contributed by atoms with van der Waals surface area (Å²) in [5, 5.41) is 4.31. The summed E-state index contributed by atoms with van der Waals surface area (Å²) in [5.41, 5.74) is 0.604. The highest BCUT2D eigenvalue weighted by molar-refractivity contribution is 7.91. The van der Waals surface area contributed by atoms with Gasteiger partial charge in [0.15, 0.2) is 4.21 Å². The van der Waals surface area contributed by atoms with Gasteiger partial charge in [0.05, 0.1) is 10.7 Å². The molecule has 2 saturated heterocycles. The zero-order valence-corrected chi connectivity index (χ0v) is 14.0. The first-order chi connectivity index (χ1) is 8.94. The summed E-state index contributed by atoms with van der Waals surface area (Å²) in [7, 11) is -3.41. The maximum atomic E-state index is 12.4. The van der Waals surface area contributed by atoms with Crippen molar-refractivity contribution in [1.82, 2.24) is 15.0 Å². The van der Waals surface area contributed by atoms with Crippen molar-refractivity contribution in [2.45, 2.75) is 61.9 Å². The molecule has 2 aliphatic heterocycles. The lowest BCUT2D eigenvalue weighted by molar-refractivity contribution is 0.345. The molecular formula is C12H20ClN3O2S2. The zero-order chi connectivity index (χ0) is 13.6. The number of hydrogen-bond acceptors (Lipinski definition) is 5. The van der Waals surface area contributed by atoms with Crippen LogP contribution in [0.3, 0.4) is 0 Å². The van der Waals surface area contributed by atoms with Gasteiger partial charge in [-0.15, -0.1) is 23.7 Å². The molecule has 3 heterocycles. The van der Waals surface area contributed by atoms with Gasteiger partial charge in [-0.05, 0) is 39.5 Å². The molecule has 114 valence electrons. The first-order valence-electron chi connectivity index (χ1n) is 6.66. The minimum Gasteiger partial charge on any atom is -0.311 e. The van der Waals surface area contributed by atoms with Crippen molar-refractivity contribution < 1.29 is 8.42 Å². The average molecular weight is 338 g/mol. The molecule has 0 spiro atoms. The summed E-state index contributed by atoms with van der Waals surface area (Å²) >= 11 is 1.25. The Morgan fingerprint density at radius 2 is 1.85 bits per heavy atom. The number of aromatic nitrogens is 1. The molecule has 3 rings (SSSR count). The van der Waals surface area contributed by atoms with E-state index in [1.54, 1.807) is 6.92 Å². The van der Waals surface area contributed by atoms with Gasteiger partial charge in [-0.1, -0.05) is 0 Å². The van der Waals surface area contributed by atoms with Gasteiger partial charge in [-0.3, -0.25) is 0 Å². The van der Waals surface area contributed by atoms with Crippen molar-refractivity contribution in [3.63, 3.8) is 0 Å². The maximum absolute atomic E-state index is 12.4. The Labute approximate surface area is 130 Å². The Balaban J connectivity index is 0.00000147. The fourth-order valence-corrected chi connectivity index (χ4v) is 5.95. The van der Waals surface area contributed by atoms with Crippen molar-refractivity contribution in [2.24, 2.45) is 0 Å². The van der Waals surface area contributed by atoms with Crippen LogP contribution in [0.1, 0.15) is 36.4 Å². The Morgan fingerprint density at radius 3 is 2.35 bits per heavy atom. The van der Waals surface area contributed by atoms with Gasteiger partial charge in [0.1, 0.15) is 0 Å².